The first kappa shape index (κ1) is 5.95. The van der Waals surface area contributed by atoms with Gasteiger partial charge < -0.3 is 0 Å². The van der Waals surface area contributed by atoms with Gasteiger partial charge in [-0.1, -0.05) is 13.2 Å². The molecule has 0 bridgehead atoms. The number of hydrogen-bond acceptors (Lipinski definition) is 2. The third-order valence-electron chi connectivity index (χ3n) is 1.01. The van der Waals surface area contributed by atoms with E-state index in [2.05, 4.69) is 22.3 Å². The fraction of sp³-hybridized carbons (Fsp3) is 0.143. The van der Waals surface area contributed by atoms with Gasteiger partial charge >= 0.3 is 0 Å². The quantitative estimate of drug-likeness (QED) is 0.566. The van der Waals surface area contributed by atoms with E-state index >= 15 is 0 Å². The van der Waals surface area contributed by atoms with Gasteiger partial charge in [0.15, 0.2) is 0 Å². The lowest BCUT2D eigenvalue weighted by atomic mass is 10.2. The van der Waals surface area contributed by atoms with E-state index < -0.39 is 0 Å². The summed E-state index contributed by atoms with van der Waals surface area (Å²) in [5, 5.41) is 0. The van der Waals surface area contributed by atoms with Gasteiger partial charge in [-0.15, -0.1) is 0 Å². The topological polar surface area (TPSA) is 26.3 Å². The van der Waals surface area contributed by atoms with E-state index in [1.54, 1.807) is 6.08 Å². The van der Waals surface area contributed by atoms with Gasteiger partial charge in [-0.25, -0.2) is 0 Å². The van der Waals surface area contributed by atoms with Crippen LogP contribution in [-0.2, 0) is 0 Å². The molecule has 1 aromatic heterocycles. The molecule has 0 saturated heterocycles. The standard InChI is InChI=1S/C7H8O2/c1-4-6-7(5(2)3)9-8-6/h4H,1-2H2,3H3. The van der Waals surface area contributed by atoms with Gasteiger partial charge in [-0.2, -0.15) is 0 Å². The lowest BCUT2D eigenvalue weighted by molar-refractivity contribution is -0.00809. The largest absolute Gasteiger partial charge is 0.286 e. The summed E-state index contributed by atoms with van der Waals surface area (Å²) >= 11 is 0. The maximum absolute atomic E-state index is 4.60. The molecule has 9 heavy (non-hydrogen) atoms. The molecular formula is C7H8O2. The Balaban J connectivity index is 2.88. The molecule has 48 valence electrons. The summed E-state index contributed by atoms with van der Waals surface area (Å²) < 4.78 is 9.16. The molecule has 0 aliphatic heterocycles. The Hall–Kier alpha value is -1.18. The van der Waals surface area contributed by atoms with Crippen molar-refractivity contribution in [3.05, 3.63) is 24.7 Å². The van der Waals surface area contributed by atoms with E-state index in [9.17, 15) is 0 Å². The molecule has 0 aliphatic rings. The maximum atomic E-state index is 4.60. The van der Waals surface area contributed by atoms with Gasteiger partial charge in [0.05, 0.1) is 0 Å². The highest BCUT2D eigenvalue weighted by Gasteiger charge is 2.10. The molecule has 2 nitrogen and oxygen atoms in total. The molecule has 0 atom stereocenters. The molecule has 0 fully saturated rings. The average Bonchev–Trinajstić information content (AvgIpc) is 1.61. The molecule has 0 N–H and O–H groups in total. The van der Waals surface area contributed by atoms with Gasteiger partial charge in [-0.3, -0.25) is 9.15 Å². The Morgan fingerprint density at radius 1 is 1.56 bits per heavy atom. The van der Waals surface area contributed by atoms with Crippen LogP contribution in [0.15, 0.2) is 22.3 Å². The zero-order chi connectivity index (χ0) is 6.85. The van der Waals surface area contributed by atoms with Crippen molar-refractivity contribution >= 4 is 11.6 Å². The minimum atomic E-state index is 0.669. The highest BCUT2D eigenvalue weighted by atomic mass is 17.0. The van der Waals surface area contributed by atoms with Crippen molar-refractivity contribution in [2.45, 2.75) is 6.92 Å². The minimum Gasteiger partial charge on any atom is -0.286 e. The number of allylic oxidation sites excluding steroid dienone is 1. The van der Waals surface area contributed by atoms with E-state index in [0.717, 1.165) is 5.57 Å². The van der Waals surface area contributed by atoms with E-state index in [1.165, 1.54) is 0 Å². The summed E-state index contributed by atoms with van der Waals surface area (Å²) in [6.45, 7) is 9.02. The van der Waals surface area contributed by atoms with E-state index in [1.807, 2.05) is 6.92 Å². The summed E-state index contributed by atoms with van der Waals surface area (Å²) in [6, 6.07) is 0. The summed E-state index contributed by atoms with van der Waals surface area (Å²) in [5.41, 5.74) is 0.858. The summed E-state index contributed by atoms with van der Waals surface area (Å²) in [5.74, 6) is 1.37. The lowest BCUT2D eigenvalue weighted by Crippen LogP contribution is -1.86. The second-order valence-electron chi connectivity index (χ2n) is 1.84. The third kappa shape index (κ3) is 0.830. The summed E-state index contributed by atoms with van der Waals surface area (Å²) in [7, 11) is 0. The second-order valence-corrected chi connectivity index (χ2v) is 1.84. The first-order valence-corrected chi connectivity index (χ1v) is 2.63. The van der Waals surface area contributed by atoms with Crippen molar-refractivity contribution < 1.29 is 9.15 Å². The normalized spacial score (nSPS) is 9.44. The predicted molar refractivity (Wildman–Crippen MR) is 35.8 cm³/mol. The maximum Gasteiger partial charge on any atom is 0.227 e. The highest BCUT2D eigenvalue weighted by Crippen LogP contribution is 2.21. The fourth-order valence-electron chi connectivity index (χ4n) is 0.540. The molecule has 0 amide bonds. The summed E-state index contributed by atoms with van der Waals surface area (Å²) in [4.78, 5) is 0. The Kier molecular flexibility index (Phi) is 1.30. The Bertz CT molecular complexity index is 227. The van der Waals surface area contributed by atoms with Crippen LogP contribution in [0, 0.1) is 0 Å². The van der Waals surface area contributed by atoms with Crippen molar-refractivity contribution in [2.24, 2.45) is 0 Å². The smallest absolute Gasteiger partial charge is 0.227 e. The van der Waals surface area contributed by atoms with Gasteiger partial charge in [-0.05, 0) is 18.6 Å². The molecule has 0 saturated carbocycles. The molecule has 1 rings (SSSR count). The van der Waals surface area contributed by atoms with Crippen LogP contribution in [0.4, 0.5) is 0 Å². The SMILES string of the molecule is C=Cc1ooc1C(=C)C. The number of hydrogen-bond donors (Lipinski definition) is 0. The zero-order valence-electron chi connectivity index (χ0n) is 5.31. The molecule has 0 aromatic carbocycles. The van der Waals surface area contributed by atoms with Crippen molar-refractivity contribution in [2.75, 3.05) is 0 Å². The molecule has 2 heteroatoms. The Morgan fingerprint density at radius 2 is 2.22 bits per heavy atom. The van der Waals surface area contributed by atoms with E-state index in [0.29, 0.717) is 11.5 Å². The fourth-order valence-corrected chi connectivity index (χ4v) is 0.540. The number of rotatable bonds is 2. The van der Waals surface area contributed by atoms with Crippen LogP contribution in [0.5, 0.6) is 0 Å². The van der Waals surface area contributed by atoms with Gasteiger partial charge in [0.25, 0.3) is 0 Å². The van der Waals surface area contributed by atoms with Crippen LogP contribution in [0.25, 0.3) is 11.6 Å². The third-order valence-corrected chi connectivity index (χ3v) is 1.01. The van der Waals surface area contributed by atoms with Crippen LogP contribution in [0.1, 0.15) is 18.4 Å². The molecule has 0 aliphatic carbocycles. The molecule has 0 radical (unpaired) electrons. The van der Waals surface area contributed by atoms with Crippen LogP contribution in [-0.4, -0.2) is 0 Å². The molecular weight excluding hydrogens is 116 g/mol. The van der Waals surface area contributed by atoms with Crippen LogP contribution < -0.4 is 0 Å². The first-order chi connectivity index (χ1) is 4.25. The van der Waals surface area contributed by atoms with Crippen LogP contribution in [0.2, 0.25) is 0 Å². The molecule has 0 unspecified atom stereocenters. The zero-order valence-corrected chi connectivity index (χ0v) is 5.31. The second kappa shape index (κ2) is 1.97. The highest BCUT2D eigenvalue weighted by molar-refractivity contribution is 5.64. The van der Waals surface area contributed by atoms with Crippen molar-refractivity contribution in [1.82, 2.24) is 0 Å². The van der Waals surface area contributed by atoms with Gasteiger partial charge in [0.2, 0.25) is 11.5 Å². The Labute approximate surface area is 53.4 Å². The van der Waals surface area contributed by atoms with Crippen LogP contribution in [0.3, 0.4) is 0 Å². The average molecular weight is 124 g/mol. The monoisotopic (exact) mass is 124 g/mol. The van der Waals surface area contributed by atoms with Crippen molar-refractivity contribution in [3.63, 3.8) is 0 Å². The molecule has 1 aromatic rings. The Morgan fingerprint density at radius 3 is 2.33 bits per heavy atom. The minimum absolute atomic E-state index is 0.669. The van der Waals surface area contributed by atoms with Crippen LogP contribution >= 0.6 is 0 Å². The predicted octanol–water partition coefficient (Wildman–Crippen LogP) is 2.55. The summed E-state index contributed by atoms with van der Waals surface area (Å²) in [6.07, 6.45) is 1.59. The van der Waals surface area contributed by atoms with Crippen molar-refractivity contribution in [3.8, 4) is 0 Å². The van der Waals surface area contributed by atoms with Crippen molar-refractivity contribution in [1.29, 1.82) is 0 Å². The van der Waals surface area contributed by atoms with E-state index in [4.69, 9.17) is 0 Å². The van der Waals surface area contributed by atoms with Gasteiger partial charge in [0.1, 0.15) is 0 Å². The lowest BCUT2D eigenvalue weighted by Gasteiger charge is -2.01. The molecule has 1 heterocycles. The first-order valence-electron chi connectivity index (χ1n) is 2.63. The van der Waals surface area contributed by atoms with E-state index in [-0.39, 0.29) is 0 Å². The molecule has 0 spiro atoms. The van der Waals surface area contributed by atoms with Gasteiger partial charge in [0, 0.05) is 0 Å².